The van der Waals surface area contributed by atoms with Crippen LogP contribution in [0.15, 0.2) is 15.3 Å². The van der Waals surface area contributed by atoms with E-state index in [4.69, 9.17) is 13.9 Å². The molecule has 3 heterocycles. The van der Waals surface area contributed by atoms with Gasteiger partial charge < -0.3 is 24.1 Å². The van der Waals surface area contributed by atoms with E-state index in [0.29, 0.717) is 16.9 Å². The molecule has 1 aromatic heterocycles. The fourth-order valence-electron chi connectivity index (χ4n) is 5.85. The van der Waals surface area contributed by atoms with Crippen molar-refractivity contribution in [2.75, 3.05) is 0 Å². The molecular formula is C19H22O7. The molecule has 0 spiro atoms. The summed E-state index contributed by atoms with van der Waals surface area (Å²) in [6.45, 7) is 7.38. The number of epoxide rings is 1. The summed E-state index contributed by atoms with van der Waals surface area (Å²) in [5.74, 6) is -0.739. The molecule has 2 aliphatic carbocycles. The van der Waals surface area contributed by atoms with Crippen molar-refractivity contribution >= 4 is 5.97 Å². The van der Waals surface area contributed by atoms with Gasteiger partial charge in [-0.15, -0.1) is 0 Å². The standard InChI is InChI=1S/C19H22O7/c1-6(2)11-9-7(5-8(20)24-11)18(3)14-12(10(9)21)26-17(23)19(14,4)15(22)13-16(18)25-13/h5-6,10,12-16,21-22H,1-4H3/t10-,12-,13-,14-,15+,16-,18-,19-/m0/s1. The third-order valence-electron chi connectivity index (χ3n) is 7.09. The lowest BCUT2D eigenvalue weighted by atomic mass is 9.48. The van der Waals surface area contributed by atoms with Crippen molar-refractivity contribution < 1.29 is 28.9 Å². The van der Waals surface area contributed by atoms with Gasteiger partial charge in [-0.25, -0.2) is 4.79 Å². The van der Waals surface area contributed by atoms with Gasteiger partial charge in [0.05, 0.1) is 12.2 Å². The number of hydrogen-bond donors (Lipinski definition) is 2. The van der Waals surface area contributed by atoms with Crippen molar-refractivity contribution in [1.82, 2.24) is 0 Å². The van der Waals surface area contributed by atoms with Crippen LogP contribution in [0.2, 0.25) is 0 Å². The highest BCUT2D eigenvalue weighted by Crippen LogP contribution is 2.68. The van der Waals surface area contributed by atoms with Crippen LogP contribution in [0, 0.1) is 11.3 Å². The Morgan fingerprint density at radius 1 is 1.12 bits per heavy atom. The first-order valence-electron chi connectivity index (χ1n) is 9.04. The van der Waals surface area contributed by atoms with Gasteiger partial charge in [-0.3, -0.25) is 4.79 Å². The largest absolute Gasteiger partial charge is 0.458 e. The Hall–Kier alpha value is -1.70. The summed E-state index contributed by atoms with van der Waals surface area (Å²) in [7, 11) is 0. The summed E-state index contributed by atoms with van der Waals surface area (Å²) in [5.41, 5.74) is -1.25. The number of aliphatic hydroxyl groups is 2. The average Bonchev–Trinajstić information content (AvgIpc) is 3.33. The fraction of sp³-hybridized carbons (Fsp3) is 0.684. The second kappa shape index (κ2) is 4.58. The molecule has 0 unspecified atom stereocenters. The minimum atomic E-state index is -1.19. The SMILES string of the molecule is CC(C)c1oc(=O)cc2c1[C@H](O)[C@@H]1OC(=O)[C@]3(C)[C@H](O)[C@@H]4O[C@@H]4[C@]2(C)[C@H]13. The number of rotatable bonds is 1. The normalized spacial score (nSPS) is 47.9. The molecule has 2 saturated heterocycles. The zero-order chi connectivity index (χ0) is 18.8. The minimum absolute atomic E-state index is 0.124. The molecule has 1 saturated carbocycles. The van der Waals surface area contributed by atoms with Crippen molar-refractivity contribution in [3.05, 3.63) is 33.4 Å². The first-order valence-corrected chi connectivity index (χ1v) is 9.04. The van der Waals surface area contributed by atoms with Gasteiger partial charge in [-0.1, -0.05) is 20.8 Å². The summed E-state index contributed by atoms with van der Waals surface area (Å²) >= 11 is 0. The molecule has 4 aliphatic rings. The van der Waals surface area contributed by atoms with E-state index in [0.717, 1.165) is 0 Å². The lowest BCUT2D eigenvalue weighted by Crippen LogP contribution is -2.62. The average molecular weight is 362 g/mol. The molecule has 2 N–H and O–H groups in total. The second-order valence-electron chi connectivity index (χ2n) is 8.74. The number of ether oxygens (including phenoxy) is 2. The highest BCUT2D eigenvalue weighted by Gasteiger charge is 2.79. The Bertz CT molecular complexity index is 888. The van der Waals surface area contributed by atoms with E-state index < -0.39 is 52.8 Å². The lowest BCUT2D eigenvalue weighted by molar-refractivity contribution is -0.156. The number of carbonyl (C=O) groups is 1. The Morgan fingerprint density at radius 3 is 2.46 bits per heavy atom. The van der Waals surface area contributed by atoms with Gasteiger partial charge in [0.1, 0.15) is 29.5 Å². The molecule has 3 fully saturated rings. The maximum Gasteiger partial charge on any atom is 0.336 e. The number of fused-ring (bicyclic) bond motifs is 4. The monoisotopic (exact) mass is 362 g/mol. The molecule has 140 valence electrons. The van der Waals surface area contributed by atoms with Gasteiger partial charge in [0.25, 0.3) is 0 Å². The van der Waals surface area contributed by atoms with Crippen LogP contribution in [0.5, 0.6) is 0 Å². The van der Waals surface area contributed by atoms with E-state index in [-0.39, 0.29) is 12.0 Å². The molecule has 1 aromatic rings. The van der Waals surface area contributed by atoms with Crippen LogP contribution in [0.25, 0.3) is 0 Å². The van der Waals surface area contributed by atoms with Crippen molar-refractivity contribution in [3.8, 4) is 0 Å². The first kappa shape index (κ1) is 16.5. The van der Waals surface area contributed by atoms with Gasteiger partial charge in [0, 0.05) is 28.9 Å². The third-order valence-corrected chi connectivity index (χ3v) is 7.09. The van der Waals surface area contributed by atoms with Crippen molar-refractivity contribution in [2.45, 2.75) is 69.5 Å². The number of aliphatic hydroxyl groups excluding tert-OH is 2. The first-order chi connectivity index (χ1) is 12.1. The molecule has 0 bridgehead atoms. The van der Waals surface area contributed by atoms with E-state index in [1.165, 1.54) is 6.07 Å². The van der Waals surface area contributed by atoms with Crippen LogP contribution in [-0.4, -0.2) is 40.6 Å². The number of hydrogen-bond acceptors (Lipinski definition) is 7. The van der Waals surface area contributed by atoms with Gasteiger partial charge in [-0.2, -0.15) is 0 Å². The summed E-state index contributed by atoms with van der Waals surface area (Å²) < 4.78 is 16.8. The van der Waals surface area contributed by atoms with Crippen LogP contribution in [0.4, 0.5) is 0 Å². The summed E-state index contributed by atoms with van der Waals surface area (Å²) in [4.78, 5) is 25.0. The van der Waals surface area contributed by atoms with Crippen LogP contribution in [-0.2, 0) is 19.7 Å². The van der Waals surface area contributed by atoms with Gasteiger partial charge in [-0.05, 0) is 12.5 Å². The van der Waals surface area contributed by atoms with E-state index >= 15 is 0 Å². The lowest BCUT2D eigenvalue weighted by Gasteiger charge is -2.51. The highest BCUT2D eigenvalue weighted by atomic mass is 16.6. The molecule has 8 atom stereocenters. The Kier molecular flexibility index (Phi) is 2.90. The van der Waals surface area contributed by atoms with E-state index in [1.807, 2.05) is 20.8 Å². The maximum atomic E-state index is 12.7. The molecular weight excluding hydrogens is 340 g/mol. The molecule has 0 aromatic carbocycles. The molecule has 0 radical (unpaired) electrons. The van der Waals surface area contributed by atoms with E-state index in [1.54, 1.807) is 6.92 Å². The van der Waals surface area contributed by atoms with Crippen molar-refractivity contribution in [3.63, 3.8) is 0 Å². The molecule has 2 aliphatic heterocycles. The summed E-state index contributed by atoms with van der Waals surface area (Å²) in [6.07, 6.45) is -3.74. The number of carbonyl (C=O) groups excluding carboxylic acids is 1. The van der Waals surface area contributed by atoms with Gasteiger partial charge >= 0.3 is 11.6 Å². The highest BCUT2D eigenvalue weighted by molar-refractivity contribution is 5.82. The van der Waals surface area contributed by atoms with Gasteiger partial charge in [0.15, 0.2) is 0 Å². The van der Waals surface area contributed by atoms with Crippen LogP contribution >= 0.6 is 0 Å². The molecule has 7 heteroatoms. The predicted octanol–water partition coefficient (Wildman–Crippen LogP) is 0.758. The maximum absolute atomic E-state index is 12.7. The van der Waals surface area contributed by atoms with E-state index in [9.17, 15) is 19.8 Å². The Morgan fingerprint density at radius 2 is 1.81 bits per heavy atom. The second-order valence-corrected chi connectivity index (χ2v) is 8.74. The Balaban J connectivity index is 1.85. The minimum Gasteiger partial charge on any atom is -0.458 e. The van der Waals surface area contributed by atoms with Crippen molar-refractivity contribution in [2.24, 2.45) is 11.3 Å². The van der Waals surface area contributed by atoms with Crippen LogP contribution < -0.4 is 5.63 Å². The van der Waals surface area contributed by atoms with Crippen molar-refractivity contribution in [1.29, 1.82) is 0 Å². The zero-order valence-electron chi connectivity index (χ0n) is 15.1. The predicted molar refractivity (Wildman–Crippen MR) is 87.5 cm³/mol. The topological polar surface area (TPSA) is 110 Å². The third kappa shape index (κ3) is 1.57. The summed E-state index contributed by atoms with van der Waals surface area (Å²) in [5, 5.41) is 21.8. The molecule has 7 nitrogen and oxygen atoms in total. The molecule has 0 amide bonds. The molecule has 5 rings (SSSR count). The Labute approximate surface area is 149 Å². The van der Waals surface area contributed by atoms with E-state index in [2.05, 4.69) is 0 Å². The zero-order valence-corrected chi connectivity index (χ0v) is 15.1. The van der Waals surface area contributed by atoms with Crippen LogP contribution in [0.3, 0.4) is 0 Å². The van der Waals surface area contributed by atoms with Gasteiger partial charge in [0.2, 0.25) is 0 Å². The fourth-order valence-corrected chi connectivity index (χ4v) is 5.85. The quantitative estimate of drug-likeness (QED) is 0.560. The smallest absolute Gasteiger partial charge is 0.336 e. The van der Waals surface area contributed by atoms with Crippen LogP contribution in [0.1, 0.15) is 56.6 Å². The molecule has 26 heavy (non-hydrogen) atoms. The number of esters is 1. The summed E-state index contributed by atoms with van der Waals surface area (Å²) in [6, 6.07) is 1.40.